The number of unbranched alkanes of at least 4 members (excludes halogenated alkanes) is 2. The predicted octanol–water partition coefficient (Wildman–Crippen LogP) is 3.41. The van der Waals surface area contributed by atoms with Crippen molar-refractivity contribution >= 4 is 22.6 Å². The third-order valence-corrected chi connectivity index (χ3v) is 5.63. The maximum absolute atomic E-state index is 12.6. The van der Waals surface area contributed by atoms with Crippen molar-refractivity contribution < 1.29 is 9.53 Å². The van der Waals surface area contributed by atoms with Crippen LogP contribution in [0, 0.1) is 0 Å². The first-order valence-corrected chi connectivity index (χ1v) is 10.5. The van der Waals surface area contributed by atoms with E-state index in [0.717, 1.165) is 67.5 Å². The fourth-order valence-electron chi connectivity index (χ4n) is 3.37. The Morgan fingerprint density at radius 2 is 2.30 bits per heavy atom. The van der Waals surface area contributed by atoms with E-state index in [2.05, 4.69) is 21.5 Å². The van der Waals surface area contributed by atoms with Gasteiger partial charge in [-0.1, -0.05) is 31.9 Å². The predicted molar refractivity (Wildman–Crippen MR) is 109 cm³/mol. The highest BCUT2D eigenvalue weighted by Crippen LogP contribution is 2.28. The first kappa shape index (κ1) is 19.6. The summed E-state index contributed by atoms with van der Waals surface area (Å²) in [6.07, 6.45) is 5.90. The number of amides is 1. The largest absolute Gasteiger partial charge is 0.497 e. The van der Waals surface area contributed by atoms with E-state index in [4.69, 9.17) is 9.72 Å². The van der Waals surface area contributed by atoms with Gasteiger partial charge in [0.05, 0.1) is 7.11 Å². The number of aromatic nitrogens is 2. The van der Waals surface area contributed by atoms with Crippen molar-refractivity contribution in [1.82, 2.24) is 14.7 Å². The van der Waals surface area contributed by atoms with Gasteiger partial charge in [0.2, 0.25) is 11.0 Å². The van der Waals surface area contributed by atoms with Crippen molar-refractivity contribution in [2.24, 2.45) is 0 Å². The molecule has 2 heterocycles. The summed E-state index contributed by atoms with van der Waals surface area (Å²) in [6, 6.07) is 7.83. The van der Waals surface area contributed by atoms with Gasteiger partial charge >= 0.3 is 0 Å². The van der Waals surface area contributed by atoms with Crippen molar-refractivity contribution in [2.75, 3.05) is 25.1 Å². The summed E-state index contributed by atoms with van der Waals surface area (Å²) < 4.78 is 9.78. The molecule has 0 unspecified atom stereocenters. The molecule has 1 amide bonds. The van der Waals surface area contributed by atoms with Crippen LogP contribution >= 0.6 is 11.5 Å². The topological polar surface area (TPSA) is 67.4 Å². The zero-order chi connectivity index (χ0) is 19.1. The number of carbonyl (C=O) groups excluding carboxylic acids is 1. The third kappa shape index (κ3) is 5.19. The Labute approximate surface area is 165 Å². The monoisotopic (exact) mass is 388 g/mol. The minimum atomic E-state index is -0.121. The van der Waals surface area contributed by atoms with E-state index in [1.165, 1.54) is 11.5 Å². The van der Waals surface area contributed by atoms with Gasteiger partial charge in [-0.2, -0.15) is 4.37 Å². The first-order chi connectivity index (χ1) is 13.2. The molecule has 2 aromatic rings. The highest BCUT2D eigenvalue weighted by atomic mass is 32.1. The minimum Gasteiger partial charge on any atom is -0.497 e. The van der Waals surface area contributed by atoms with Crippen LogP contribution in [0.15, 0.2) is 24.3 Å². The highest BCUT2D eigenvalue weighted by molar-refractivity contribution is 7.09. The molecule has 0 radical (unpaired) electrons. The maximum Gasteiger partial charge on any atom is 0.242 e. The molecule has 0 saturated carbocycles. The molecule has 1 aromatic carbocycles. The van der Waals surface area contributed by atoms with Crippen molar-refractivity contribution in [3.05, 3.63) is 35.7 Å². The molecule has 146 valence electrons. The Hall–Kier alpha value is -2.15. The Morgan fingerprint density at radius 3 is 3.11 bits per heavy atom. The number of anilines is 1. The smallest absolute Gasteiger partial charge is 0.242 e. The van der Waals surface area contributed by atoms with Crippen molar-refractivity contribution in [3.8, 4) is 5.75 Å². The molecule has 7 heteroatoms. The number of carbonyl (C=O) groups is 1. The molecule has 3 rings (SSSR count). The molecule has 1 aliphatic heterocycles. The number of hydrogen-bond acceptors (Lipinski definition) is 6. The summed E-state index contributed by atoms with van der Waals surface area (Å²) >= 11 is 1.38. The number of ether oxygens (including phenoxy) is 1. The Morgan fingerprint density at radius 1 is 1.41 bits per heavy atom. The summed E-state index contributed by atoms with van der Waals surface area (Å²) in [4.78, 5) is 19.4. The quantitative estimate of drug-likeness (QED) is 0.667. The molecular formula is C20H28N4O2S. The normalized spacial score (nSPS) is 16.5. The number of nitrogens with zero attached hydrogens (tertiary/aromatic N) is 3. The molecule has 27 heavy (non-hydrogen) atoms. The van der Waals surface area contributed by atoms with E-state index in [9.17, 15) is 4.79 Å². The van der Waals surface area contributed by atoms with Crippen LogP contribution in [0.1, 0.15) is 50.4 Å². The summed E-state index contributed by atoms with van der Waals surface area (Å²) in [5.74, 6) is 1.74. The van der Waals surface area contributed by atoms with E-state index >= 15 is 0 Å². The van der Waals surface area contributed by atoms with Crippen LogP contribution in [0.5, 0.6) is 5.75 Å². The minimum absolute atomic E-state index is 0.119. The van der Waals surface area contributed by atoms with Crippen molar-refractivity contribution in [2.45, 2.75) is 51.5 Å². The van der Waals surface area contributed by atoms with E-state index in [-0.39, 0.29) is 11.9 Å². The molecular weight excluding hydrogens is 360 g/mol. The van der Waals surface area contributed by atoms with Gasteiger partial charge in [0.15, 0.2) is 0 Å². The van der Waals surface area contributed by atoms with Gasteiger partial charge in [-0.05, 0) is 37.0 Å². The van der Waals surface area contributed by atoms with Gasteiger partial charge in [-0.3, -0.25) is 4.79 Å². The molecule has 1 saturated heterocycles. The second-order valence-electron chi connectivity index (χ2n) is 6.87. The summed E-state index contributed by atoms with van der Waals surface area (Å²) in [7, 11) is 1.67. The van der Waals surface area contributed by atoms with E-state index in [0.29, 0.717) is 6.42 Å². The highest BCUT2D eigenvalue weighted by Gasteiger charge is 2.32. The average Bonchev–Trinajstić information content (AvgIpc) is 3.34. The maximum atomic E-state index is 12.6. The van der Waals surface area contributed by atoms with Crippen molar-refractivity contribution in [3.63, 3.8) is 0 Å². The molecule has 6 nitrogen and oxygen atoms in total. The van der Waals surface area contributed by atoms with Gasteiger partial charge in [0.1, 0.15) is 17.6 Å². The van der Waals surface area contributed by atoms with E-state index in [1.54, 1.807) is 7.11 Å². The summed E-state index contributed by atoms with van der Waals surface area (Å²) in [5.41, 5.74) is 1.12. The van der Waals surface area contributed by atoms with Gasteiger partial charge < -0.3 is 15.0 Å². The van der Waals surface area contributed by atoms with Gasteiger partial charge in [-0.15, -0.1) is 0 Å². The van der Waals surface area contributed by atoms with Crippen LogP contribution in [0.4, 0.5) is 5.13 Å². The number of hydrogen-bond donors (Lipinski definition) is 1. The Bertz CT molecular complexity index is 749. The molecule has 0 aliphatic carbocycles. The van der Waals surface area contributed by atoms with E-state index < -0.39 is 0 Å². The number of rotatable bonds is 9. The molecule has 1 atom stereocenters. The first-order valence-electron chi connectivity index (χ1n) is 9.71. The molecule has 1 aliphatic rings. The van der Waals surface area contributed by atoms with E-state index in [1.807, 2.05) is 24.3 Å². The van der Waals surface area contributed by atoms with Crippen LogP contribution in [0.25, 0.3) is 0 Å². The van der Waals surface area contributed by atoms with Crippen LogP contribution < -0.4 is 15.0 Å². The lowest BCUT2D eigenvalue weighted by Crippen LogP contribution is -2.43. The number of benzene rings is 1. The fraction of sp³-hybridized carbons (Fsp3) is 0.550. The molecule has 1 N–H and O–H groups in total. The van der Waals surface area contributed by atoms with Gasteiger partial charge in [-0.25, -0.2) is 4.98 Å². The Balaban J connectivity index is 1.61. The number of methoxy groups -OCH3 is 1. The second-order valence-corrected chi connectivity index (χ2v) is 7.60. The molecule has 1 aromatic heterocycles. The molecule has 0 bridgehead atoms. The van der Waals surface area contributed by atoms with Crippen LogP contribution in [-0.2, 0) is 11.2 Å². The summed E-state index contributed by atoms with van der Waals surface area (Å²) in [6.45, 7) is 3.79. The SMILES string of the molecule is CCCCCNC(=O)[C@@H]1CCCN1c1nc(Cc2cccc(OC)c2)ns1. The standard InChI is InChI=1S/C20H28N4O2S/c1-3-4-5-11-21-19(25)17-10-7-12-24(17)20-22-18(23-27-20)14-15-8-6-9-16(13-15)26-2/h6,8-9,13,17H,3-5,7,10-12,14H2,1-2H3,(H,21,25)/t17-/m0/s1. The second kappa shape index (κ2) is 9.69. The van der Waals surface area contributed by atoms with Crippen LogP contribution in [0.2, 0.25) is 0 Å². The fourth-order valence-corrected chi connectivity index (χ4v) is 4.13. The lowest BCUT2D eigenvalue weighted by molar-refractivity contribution is -0.122. The van der Waals surface area contributed by atoms with Crippen LogP contribution in [-0.4, -0.2) is 41.5 Å². The average molecular weight is 389 g/mol. The summed E-state index contributed by atoms with van der Waals surface area (Å²) in [5, 5.41) is 3.93. The van der Waals surface area contributed by atoms with Gasteiger partial charge in [0.25, 0.3) is 0 Å². The molecule has 1 fully saturated rings. The van der Waals surface area contributed by atoms with Crippen LogP contribution in [0.3, 0.4) is 0 Å². The Kier molecular flexibility index (Phi) is 7.04. The zero-order valence-corrected chi connectivity index (χ0v) is 16.9. The lowest BCUT2D eigenvalue weighted by Gasteiger charge is -2.22. The zero-order valence-electron chi connectivity index (χ0n) is 16.1. The van der Waals surface area contributed by atoms with Gasteiger partial charge in [0, 0.05) is 31.0 Å². The number of nitrogens with one attached hydrogen (secondary N) is 1. The van der Waals surface area contributed by atoms with Crippen molar-refractivity contribution in [1.29, 1.82) is 0 Å². The lowest BCUT2D eigenvalue weighted by atomic mass is 10.1. The molecule has 0 spiro atoms. The third-order valence-electron chi connectivity index (χ3n) is 4.83.